The highest BCUT2D eigenvalue weighted by Crippen LogP contribution is 2.06. The number of hydrogen-bond donors (Lipinski definition) is 2. The number of aromatic nitrogens is 1. The monoisotopic (exact) mass is 166 g/mol. The van der Waals surface area contributed by atoms with Gasteiger partial charge in [-0.25, -0.2) is 4.98 Å². The lowest BCUT2D eigenvalue weighted by atomic mass is 10.2. The summed E-state index contributed by atoms with van der Waals surface area (Å²) in [6, 6.07) is 3.99. The Kier molecular flexibility index (Phi) is 3.54. The molecule has 0 radical (unpaired) electrons. The lowest BCUT2D eigenvalue weighted by molar-refractivity contribution is 0.311. The van der Waals surface area contributed by atoms with Crippen LogP contribution in [-0.2, 0) is 6.42 Å². The molecule has 0 saturated carbocycles. The third kappa shape index (κ3) is 2.51. The first-order valence-electron chi connectivity index (χ1n) is 4.16. The zero-order valence-electron chi connectivity index (χ0n) is 7.25. The number of hydrogen-bond acceptors (Lipinski definition) is 3. The normalized spacial score (nSPS) is 9.83. The fourth-order valence-corrected chi connectivity index (χ4v) is 0.975. The quantitative estimate of drug-likeness (QED) is 0.702. The molecule has 3 nitrogen and oxygen atoms in total. The van der Waals surface area contributed by atoms with E-state index in [1.165, 1.54) is 5.56 Å². The summed E-state index contributed by atoms with van der Waals surface area (Å²) < 4.78 is 0. The first-order chi connectivity index (χ1) is 5.86. The minimum atomic E-state index is 0.137. The largest absolute Gasteiger partial charge is 0.395 e. The van der Waals surface area contributed by atoms with Gasteiger partial charge in [-0.05, 0) is 24.1 Å². The van der Waals surface area contributed by atoms with E-state index < -0.39 is 0 Å². The van der Waals surface area contributed by atoms with Crippen molar-refractivity contribution in [3.05, 3.63) is 23.9 Å². The van der Waals surface area contributed by atoms with Crippen LogP contribution in [0.15, 0.2) is 18.3 Å². The molecule has 0 aliphatic heterocycles. The maximum Gasteiger partial charge on any atom is 0.126 e. The average molecular weight is 166 g/mol. The Morgan fingerprint density at radius 1 is 1.58 bits per heavy atom. The Morgan fingerprint density at radius 2 is 2.42 bits per heavy atom. The molecule has 66 valence electrons. The van der Waals surface area contributed by atoms with E-state index in [-0.39, 0.29) is 6.61 Å². The van der Waals surface area contributed by atoms with Crippen LogP contribution in [0.3, 0.4) is 0 Å². The van der Waals surface area contributed by atoms with Crippen molar-refractivity contribution >= 4 is 5.82 Å². The summed E-state index contributed by atoms with van der Waals surface area (Å²) in [5.74, 6) is 0.836. The number of rotatable bonds is 4. The van der Waals surface area contributed by atoms with Gasteiger partial charge in [0, 0.05) is 12.7 Å². The van der Waals surface area contributed by atoms with E-state index in [0.29, 0.717) is 6.54 Å². The van der Waals surface area contributed by atoms with Gasteiger partial charge in [-0.15, -0.1) is 0 Å². The number of nitrogens with one attached hydrogen (secondary N) is 1. The first kappa shape index (κ1) is 9.00. The minimum absolute atomic E-state index is 0.137. The smallest absolute Gasteiger partial charge is 0.126 e. The fourth-order valence-electron chi connectivity index (χ4n) is 0.975. The van der Waals surface area contributed by atoms with Gasteiger partial charge in [0.2, 0.25) is 0 Å². The van der Waals surface area contributed by atoms with Gasteiger partial charge in [-0.1, -0.05) is 6.92 Å². The van der Waals surface area contributed by atoms with Crippen LogP contribution in [0.25, 0.3) is 0 Å². The number of aliphatic hydroxyl groups is 1. The molecule has 0 aromatic carbocycles. The Hall–Kier alpha value is -1.09. The van der Waals surface area contributed by atoms with Crippen molar-refractivity contribution in [1.29, 1.82) is 0 Å². The summed E-state index contributed by atoms with van der Waals surface area (Å²) in [5.41, 5.74) is 1.26. The van der Waals surface area contributed by atoms with Crippen LogP contribution in [0.4, 0.5) is 5.82 Å². The van der Waals surface area contributed by atoms with E-state index in [9.17, 15) is 0 Å². The van der Waals surface area contributed by atoms with Crippen molar-refractivity contribution in [2.75, 3.05) is 18.5 Å². The SMILES string of the molecule is CCc1ccnc(NCCO)c1. The maximum absolute atomic E-state index is 8.56. The van der Waals surface area contributed by atoms with Crippen LogP contribution < -0.4 is 5.32 Å². The van der Waals surface area contributed by atoms with Gasteiger partial charge >= 0.3 is 0 Å². The third-order valence-electron chi connectivity index (χ3n) is 1.65. The standard InChI is InChI=1S/C9H14N2O/c1-2-8-3-4-10-9(7-8)11-5-6-12/h3-4,7,12H,2,5-6H2,1H3,(H,10,11). The van der Waals surface area contributed by atoms with Crippen molar-refractivity contribution in [2.24, 2.45) is 0 Å². The average Bonchev–Trinajstić information content (AvgIpc) is 2.15. The summed E-state index contributed by atoms with van der Waals surface area (Å²) in [6.07, 6.45) is 2.79. The second kappa shape index (κ2) is 4.72. The Balaban J connectivity index is 2.60. The lowest BCUT2D eigenvalue weighted by Gasteiger charge is -2.03. The molecule has 1 aromatic heterocycles. The predicted octanol–water partition coefficient (Wildman–Crippen LogP) is 1.05. The topological polar surface area (TPSA) is 45.2 Å². The van der Waals surface area contributed by atoms with E-state index in [4.69, 9.17) is 5.11 Å². The number of pyridine rings is 1. The van der Waals surface area contributed by atoms with Crippen molar-refractivity contribution in [3.8, 4) is 0 Å². The van der Waals surface area contributed by atoms with Gasteiger partial charge in [-0.3, -0.25) is 0 Å². The molecule has 0 aliphatic rings. The Bertz CT molecular complexity index is 238. The molecule has 0 atom stereocenters. The second-order valence-corrected chi connectivity index (χ2v) is 2.55. The number of anilines is 1. The number of nitrogens with zero attached hydrogens (tertiary/aromatic N) is 1. The van der Waals surface area contributed by atoms with Gasteiger partial charge in [0.25, 0.3) is 0 Å². The van der Waals surface area contributed by atoms with Gasteiger partial charge in [-0.2, -0.15) is 0 Å². The summed E-state index contributed by atoms with van der Waals surface area (Å²) in [6.45, 7) is 2.79. The second-order valence-electron chi connectivity index (χ2n) is 2.55. The summed E-state index contributed by atoms with van der Waals surface area (Å²) in [4.78, 5) is 4.10. The minimum Gasteiger partial charge on any atom is -0.395 e. The summed E-state index contributed by atoms with van der Waals surface area (Å²) >= 11 is 0. The highest BCUT2D eigenvalue weighted by atomic mass is 16.3. The Morgan fingerprint density at radius 3 is 3.08 bits per heavy atom. The van der Waals surface area contributed by atoms with E-state index in [1.807, 2.05) is 12.1 Å². The fraction of sp³-hybridized carbons (Fsp3) is 0.444. The van der Waals surface area contributed by atoms with Gasteiger partial charge < -0.3 is 10.4 Å². The molecular weight excluding hydrogens is 152 g/mol. The molecule has 1 aromatic rings. The van der Waals surface area contributed by atoms with Crippen LogP contribution in [0.2, 0.25) is 0 Å². The molecule has 0 unspecified atom stereocenters. The molecule has 0 fully saturated rings. The van der Waals surface area contributed by atoms with Crippen molar-refractivity contribution in [2.45, 2.75) is 13.3 Å². The van der Waals surface area contributed by atoms with E-state index in [1.54, 1.807) is 6.20 Å². The van der Waals surface area contributed by atoms with Crippen molar-refractivity contribution in [3.63, 3.8) is 0 Å². The van der Waals surface area contributed by atoms with Crippen LogP contribution in [0.5, 0.6) is 0 Å². The van der Waals surface area contributed by atoms with Crippen molar-refractivity contribution in [1.82, 2.24) is 4.98 Å². The molecule has 0 amide bonds. The van der Waals surface area contributed by atoms with Gasteiger partial charge in [0.15, 0.2) is 0 Å². The van der Waals surface area contributed by atoms with Crippen LogP contribution >= 0.6 is 0 Å². The molecule has 0 aliphatic carbocycles. The van der Waals surface area contributed by atoms with E-state index in [2.05, 4.69) is 17.2 Å². The molecule has 12 heavy (non-hydrogen) atoms. The lowest BCUT2D eigenvalue weighted by Crippen LogP contribution is -2.06. The molecule has 1 rings (SSSR count). The number of aliphatic hydroxyl groups excluding tert-OH is 1. The molecule has 0 saturated heterocycles. The molecule has 2 N–H and O–H groups in total. The molecule has 1 heterocycles. The zero-order chi connectivity index (χ0) is 8.81. The van der Waals surface area contributed by atoms with Crippen LogP contribution in [0.1, 0.15) is 12.5 Å². The molecule has 3 heteroatoms. The maximum atomic E-state index is 8.56. The summed E-state index contributed by atoms with van der Waals surface area (Å²) in [7, 11) is 0. The third-order valence-corrected chi connectivity index (χ3v) is 1.65. The van der Waals surface area contributed by atoms with Gasteiger partial charge in [0.05, 0.1) is 6.61 Å². The van der Waals surface area contributed by atoms with Gasteiger partial charge in [0.1, 0.15) is 5.82 Å². The highest BCUT2D eigenvalue weighted by molar-refractivity contribution is 5.37. The molecule has 0 bridgehead atoms. The highest BCUT2D eigenvalue weighted by Gasteiger charge is 1.93. The van der Waals surface area contributed by atoms with Crippen LogP contribution in [0, 0.1) is 0 Å². The van der Waals surface area contributed by atoms with Crippen LogP contribution in [-0.4, -0.2) is 23.2 Å². The van der Waals surface area contributed by atoms with E-state index >= 15 is 0 Å². The molecule has 0 spiro atoms. The predicted molar refractivity (Wildman–Crippen MR) is 49.2 cm³/mol. The number of aryl methyl sites for hydroxylation is 1. The van der Waals surface area contributed by atoms with E-state index in [0.717, 1.165) is 12.2 Å². The first-order valence-corrected chi connectivity index (χ1v) is 4.16. The summed E-state index contributed by atoms with van der Waals surface area (Å²) in [5, 5.41) is 11.6. The van der Waals surface area contributed by atoms with Crippen molar-refractivity contribution < 1.29 is 5.11 Å². The molecular formula is C9H14N2O. The Labute approximate surface area is 72.5 Å². The zero-order valence-corrected chi connectivity index (χ0v) is 7.25.